The number of nitrogens with zero attached hydrogens (tertiary/aromatic N) is 3. The van der Waals surface area contributed by atoms with E-state index >= 15 is 0 Å². The Balaban J connectivity index is 2.20. The maximum Gasteiger partial charge on any atom is 0.146 e. The Labute approximate surface area is 155 Å². The van der Waals surface area contributed by atoms with Crippen molar-refractivity contribution < 1.29 is 4.74 Å². The van der Waals surface area contributed by atoms with Crippen LogP contribution >= 0.6 is 23.2 Å². The Morgan fingerprint density at radius 1 is 0.960 bits per heavy atom. The largest absolute Gasteiger partial charge is 0.495 e. The van der Waals surface area contributed by atoms with Gasteiger partial charge in [0.05, 0.1) is 45.1 Å². The van der Waals surface area contributed by atoms with Crippen molar-refractivity contribution in [3.8, 4) is 17.1 Å². The summed E-state index contributed by atoms with van der Waals surface area (Å²) in [5.74, 6) is 1.37. The van der Waals surface area contributed by atoms with Crippen LogP contribution in [0.15, 0.2) is 36.4 Å². The minimum atomic E-state index is 0.526. The molecular formula is C19H15Cl2N3O. The van der Waals surface area contributed by atoms with Crippen molar-refractivity contribution in [3.63, 3.8) is 0 Å². The van der Waals surface area contributed by atoms with Crippen LogP contribution in [0.1, 0.15) is 11.4 Å². The molecule has 0 radical (unpaired) electrons. The Morgan fingerprint density at radius 2 is 1.68 bits per heavy atom. The van der Waals surface area contributed by atoms with Crippen LogP contribution in [0.25, 0.3) is 27.9 Å². The lowest BCUT2D eigenvalue weighted by Gasteiger charge is -2.11. The summed E-state index contributed by atoms with van der Waals surface area (Å²) in [6.07, 6.45) is 0. The molecule has 0 aliphatic rings. The van der Waals surface area contributed by atoms with Gasteiger partial charge in [0, 0.05) is 11.6 Å². The molecule has 126 valence electrons. The molecule has 2 aromatic heterocycles. The molecule has 4 rings (SSSR count). The van der Waals surface area contributed by atoms with E-state index in [0.29, 0.717) is 15.8 Å². The van der Waals surface area contributed by atoms with Crippen molar-refractivity contribution in [1.82, 2.24) is 14.4 Å². The van der Waals surface area contributed by atoms with Gasteiger partial charge in [0.2, 0.25) is 0 Å². The SMILES string of the molecule is COc1cc2nc(C)c3c(C)nc(-c4ccccc4Cl)n3c2cc1Cl. The molecule has 0 fully saturated rings. The number of rotatable bonds is 2. The van der Waals surface area contributed by atoms with Gasteiger partial charge >= 0.3 is 0 Å². The lowest BCUT2D eigenvalue weighted by molar-refractivity contribution is 0.415. The van der Waals surface area contributed by atoms with E-state index in [1.807, 2.05) is 50.2 Å². The van der Waals surface area contributed by atoms with Crippen LogP contribution in [0, 0.1) is 13.8 Å². The maximum absolute atomic E-state index is 6.42. The zero-order chi connectivity index (χ0) is 17.7. The topological polar surface area (TPSA) is 39.4 Å². The minimum Gasteiger partial charge on any atom is -0.495 e. The van der Waals surface area contributed by atoms with Crippen LogP contribution < -0.4 is 4.74 Å². The smallest absolute Gasteiger partial charge is 0.146 e. The molecule has 0 aliphatic carbocycles. The lowest BCUT2D eigenvalue weighted by atomic mass is 10.2. The van der Waals surface area contributed by atoms with Gasteiger partial charge in [-0.1, -0.05) is 35.3 Å². The van der Waals surface area contributed by atoms with Gasteiger partial charge in [0.1, 0.15) is 11.6 Å². The van der Waals surface area contributed by atoms with E-state index in [0.717, 1.165) is 39.3 Å². The predicted octanol–water partition coefficient (Wildman–Crippen LogP) is 5.48. The monoisotopic (exact) mass is 371 g/mol. The molecule has 4 aromatic rings. The van der Waals surface area contributed by atoms with Gasteiger partial charge in [-0.25, -0.2) is 9.97 Å². The van der Waals surface area contributed by atoms with Crippen molar-refractivity contribution in [2.75, 3.05) is 7.11 Å². The number of methoxy groups -OCH3 is 1. The molecule has 2 aromatic carbocycles. The Bertz CT molecular complexity index is 1130. The number of fused-ring (bicyclic) bond motifs is 3. The molecule has 0 spiro atoms. The number of ether oxygens (including phenoxy) is 1. The van der Waals surface area contributed by atoms with E-state index in [4.69, 9.17) is 37.9 Å². The summed E-state index contributed by atoms with van der Waals surface area (Å²) < 4.78 is 7.40. The molecular weight excluding hydrogens is 357 g/mol. The van der Waals surface area contributed by atoms with Crippen LogP contribution in [0.5, 0.6) is 5.75 Å². The van der Waals surface area contributed by atoms with E-state index in [1.54, 1.807) is 7.11 Å². The molecule has 4 nitrogen and oxygen atoms in total. The standard InChI is InChI=1S/C19H15Cl2N3O/c1-10-18-11(2)23-19(12-6-4-5-7-13(12)20)24(18)16-8-14(21)17(25-3)9-15(16)22-10/h4-9H,1-3H3. The molecule has 0 N–H and O–H groups in total. The van der Waals surface area contributed by atoms with Gasteiger partial charge < -0.3 is 4.74 Å². The second kappa shape index (κ2) is 5.90. The normalized spacial score (nSPS) is 11.4. The van der Waals surface area contributed by atoms with Gasteiger partial charge in [-0.2, -0.15) is 0 Å². The van der Waals surface area contributed by atoms with Crippen molar-refractivity contribution in [3.05, 3.63) is 57.8 Å². The predicted molar refractivity (Wildman–Crippen MR) is 102 cm³/mol. The van der Waals surface area contributed by atoms with E-state index in [9.17, 15) is 0 Å². The van der Waals surface area contributed by atoms with E-state index in [2.05, 4.69) is 4.40 Å². The highest BCUT2D eigenvalue weighted by Crippen LogP contribution is 2.35. The van der Waals surface area contributed by atoms with Crippen molar-refractivity contribution in [1.29, 1.82) is 0 Å². The highest BCUT2D eigenvalue weighted by Gasteiger charge is 2.18. The van der Waals surface area contributed by atoms with Crippen LogP contribution in [-0.2, 0) is 0 Å². The van der Waals surface area contributed by atoms with Crippen molar-refractivity contribution >= 4 is 39.8 Å². The van der Waals surface area contributed by atoms with Crippen LogP contribution in [-0.4, -0.2) is 21.5 Å². The molecule has 0 saturated carbocycles. The number of benzene rings is 2. The number of hydrogen-bond donors (Lipinski definition) is 0. The first-order valence-corrected chi connectivity index (χ1v) is 8.54. The second-order valence-corrected chi connectivity index (χ2v) is 6.67. The first-order chi connectivity index (χ1) is 12.0. The summed E-state index contributed by atoms with van der Waals surface area (Å²) in [5, 5.41) is 1.18. The summed E-state index contributed by atoms with van der Waals surface area (Å²) in [5.41, 5.74) is 5.27. The van der Waals surface area contributed by atoms with Crippen LogP contribution in [0.4, 0.5) is 0 Å². The number of aromatic nitrogens is 3. The van der Waals surface area contributed by atoms with Gasteiger partial charge in [0.15, 0.2) is 0 Å². The zero-order valence-corrected chi connectivity index (χ0v) is 15.5. The number of aryl methyl sites for hydroxylation is 2. The van der Waals surface area contributed by atoms with Crippen molar-refractivity contribution in [2.45, 2.75) is 13.8 Å². The molecule has 0 saturated heterocycles. The number of hydrogen-bond acceptors (Lipinski definition) is 3. The van der Waals surface area contributed by atoms with Gasteiger partial charge in [0.25, 0.3) is 0 Å². The molecule has 0 bridgehead atoms. The number of imidazole rings is 1. The highest BCUT2D eigenvalue weighted by atomic mass is 35.5. The van der Waals surface area contributed by atoms with Gasteiger partial charge in [-0.3, -0.25) is 4.40 Å². The molecule has 6 heteroatoms. The second-order valence-electron chi connectivity index (χ2n) is 5.86. The summed E-state index contributed by atoms with van der Waals surface area (Å²) >= 11 is 12.8. The maximum atomic E-state index is 6.42. The molecule has 0 atom stereocenters. The Kier molecular flexibility index (Phi) is 3.82. The van der Waals surface area contributed by atoms with Crippen LogP contribution in [0.2, 0.25) is 10.0 Å². The average Bonchev–Trinajstić information content (AvgIpc) is 2.94. The van der Waals surface area contributed by atoms with Crippen LogP contribution in [0.3, 0.4) is 0 Å². The minimum absolute atomic E-state index is 0.526. The highest BCUT2D eigenvalue weighted by molar-refractivity contribution is 6.33. The average molecular weight is 372 g/mol. The van der Waals surface area contributed by atoms with E-state index in [1.165, 1.54) is 0 Å². The quantitative estimate of drug-likeness (QED) is 0.468. The summed E-state index contributed by atoms with van der Waals surface area (Å²) in [4.78, 5) is 9.48. The van der Waals surface area contributed by atoms with E-state index in [-0.39, 0.29) is 0 Å². The zero-order valence-electron chi connectivity index (χ0n) is 14.0. The summed E-state index contributed by atoms with van der Waals surface area (Å²) in [7, 11) is 1.59. The Morgan fingerprint density at radius 3 is 2.40 bits per heavy atom. The molecule has 2 heterocycles. The van der Waals surface area contributed by atoms with E-state index < -0.39 is 0 Å². The molecule has 25 heavy (non-hydrogen) atoms. The first kappa shape index (κ1) is 16.2. The molecule has 0 amide bonds. The first-order valence-electron chi connectivity index (χ1n) is 7.79. The molecule has 0 aliphatic heterocycles. The summed E-state index contributed by atoms with van der Waals surface area (Å²) in [6, 6.07) is 11.4. The Hall–Kier alpha value is -2.30. The molecule has 0 unspecified atom stereocenters. The van der Waals surface area contributed by atoms with Crippen molar-refractivity contribution in [2.24, 2.45) is 0 Å². The third-order valence-electron chi connectivity index (χ3n) is 4.29. The fourth-order valence-corrected chi connectivity index (χ4v) is 3.66. The third-order valence-corrected chi connectivity index (χ3v) is 4.91. The summed E-state index contributed by atoms with van der Waals surface area (Å²) in [6.45, 7) is 3.95. The fourth-order valence-electron chi connectivity index (χ4n) is 3.20. The third kappa shape index (κ3) is 2.44. The lowest BCUT2D eigenvalue weighted by Crippen LogP contribution is -1.98. The van der Waals surface area contributed by atoms with Gasteiger partial charge in [-0.05, 0) is 32.0 Å². The van der Waals surface area contributed by atoms with Gasteiger partial charge in [-0.15, -0.1) is 0 Å². The fraction of sp³-hybridized carbons (Fsp3) is 0.158. The number of halogens is 2.